The highest BCUT2D eigenvalue weighted by atomic mass is 15.3. The molecule has 1 aliphatic carbocycles. The molecule has 1 aliphatic heterocycles. The molecule has 1 saturated carbocycles. The predicted molar refractivity (Wildman–Crippen MR) is 51.3 cm³/mol. The summed E-state index contributed by atoms with van der Waals surface area (Å²) in [6.45, 7) is 11.0. The van der Waals surface area contributed by atoms with E-state index in [-0.39, 0.29) is 0 Å². The molecule has 0 atom stereocenters. The lowest BCUT2D eigenvalue weighted by molar-refractivity contribution is 0.0668. The van der Waals surface area contributed by atoms with Crippen LogP contribution >= 0.6 is 0 Å². The van der Waals surface area contributed by atoms with Crippen LogP contribution in [0.5, 0.6) is 0 Å². The van der Waals surface area contributed by atoms with Crippen molar-refractivity contribution in [2.24, 2.45) is 0 Å². The summed E-state index contributed by atoms with van der Waals surface area (Å²) in [7, 11) is 0. The fourth-order valence-corrected chi connectivity index (χ4v) is 2.48. The number of likely N-dealkylation sites (N-methyl/N-ethyl adjacent to an activating group) is 2. The lowest BCUT2D eigenvalue weighted by atomic mass is 10.1. The van der Waals surface area contributed by atoms with Gasteiger partial charge in [0.25, 0.3) is 0 Å². The first-order valence-electron chi connectivity index (χ1n) is 5.28. The van der Waals surface area contributed by atoms with E-state index < -0.39 is 0 Å². The molecule has 1 heterocycles. The van der Waals surface area contributed by atoms with Crippen molar-refractivity contribution >= 4 is 0 Å². The van der Waals surface area contributed by atoms with Crippen molar-refractivity contribution in [2.45, 2.75) is 32.2 Å². The SMILES string of the molecule is CCN1CCN(CC)C2(CC2)C1. The smallest absolute Gasteiger partial charge is 0.0338 e. The molecule has 2 fully saturated rings. The molecular weight excluding hydrogens is 148 g/mol. The minimum Gasteiger partial charge on any atom is -0.301 e. The zero-order valence-electron chi connectivity index (χ0n) is 8.34. The van der Waals surface area contributed by atoms with Crippen molar-refractivity contribution in [3.63, 3.8) is 0 Å². The minimum absolute atomic E-state index is 0.628. The summed E-state index contributed by atoms with van der Waals surface area (Å²) in [5.74, 6) is 0. The van der Waals surface area contributed by atoms with Gasteiger partial charge in [-0.2, -0.15) is 0 Å². The summed E-state index contributed by atoms with van der Waals surface area (Å²) in [4.78, 5) is 5.28. The lowest BCUT2D eigenvalue weighted by Gasteiger charge is -2.41. The Morgan fingerprint density at radius 1 is 1.08 bits per heavy atom. The van der Waals surface area contributed by atoms with Gasteiger partial charge in [0.05, 0.1) is 0 Å². The quantitative estimate of drug-likeness (QED) is 0.611. The monoisotopic (exact) mass is 168 g/mol. The largest absolute Gasteiger partial charge is 0.301 e. The average Bonchev–Trinajstić information content (AvgIpc) is 2.85. The van der Waals surface area contributed by atoms with Crippen LogP contribution in [0.1, 0.15) is 26.7 Å². The third-order valence-corrected chi connectivity index (χ3v) is 3.53. The summed E-state index contributed by atoms with van der Waals surface area (Å²) in [6, 6.07) is 0. The Morgan fingerprint density at radius 2 is 1.83 bits per heavy atom. The van der Waals surface area contributed by atoms with Gasteiger partial charge in [0.15, 0.2) is 0 Å². The van der Waals surface area contributed by atoms with E-state index in [0.717, 1.165) is 0 Å². The molecule has 0 aromatic carbocycles. The van der Waals surface area contributed by atoms with Gasteiger partial charge in [-0.05, 0) is 25.9 Å². The Bertz CT molecular complexity index is 163. The summed E-state index contributed by atoms with van der Waals surface area (Å²) in [5.41, 5.74) is 0.628. The van der Waals surface area contributed by atoms with Crippen LogP contribution in [0.3, 0.4) is 0 Å². The average molecular weight is 168 g/mol. The second kappa shape index (κ2) is 3.00. The summed E-state index contributed by atoms with van der Waals surface area (Å²) in [6.07, 6.45) is 2.88. The molecule has 2 rings (SSSR count). The molecule has 12 heavy (non-hydrogen) atoms. The summed E-state index contributed by atoms with van der Waals surface area (Å²) in [5, 5.41) is 0. The van der Waals surface area contributed by atoms with E-state index in [4.69, 9.17) is 0 Å². The highest BCUT2D eigenvalue weighted by molar-refractivity contribution is 5.07. The maximum atomic E-state index is 2.68. The van der Waals surface area contributed by atoms with Crippen molar-refractivity contribution in [1.29, 1.82) is 0 Å². The molecule has 0 unspecified atom stereocenters. The van der Waals surface area contributed by atoms with Gasteiger partial charge in [-0.25, -0.2) is 0 Å². The summed E-state index contributed by atoms with van der Waals surface area (Å²) < 4.78 is 0. The van der Waals surface area contributed by atoms with E-state index >= 15 is 0 Å². The molecule has 0 aromatic heterocycles. The third-order valence-electron chi connectivity index (χ3n) is 3.53. The minimum atomic E-state index is 0.628. The van der Waals surface area contributed by atoms with Gasteiger partial charge in [0.1, 0.15) is 0 Å². The molecule has 2 aliphatic rings. The van der Waals surface area contributed by atoms with Gasteiger partial charge in [0, 0.05) is 25.2 Å². The molecule has 2 nitrogen and oxygen atoms in total. The fraction of sp³-hybridized carbons (Fsp3) is 1.00. The highest BCUT2D eigenvalue weighted by Gasteiger charge is 2.49. The van der Waals surface area contributed by atoms with Crippen molar-refractivity contribution < 1.29 is 0 Å². The zero-order valence-corrected chi connectivity index (χ0v) is 8.34. The molecule has 0 N–H and O–H groups in total. The van der Waals surface area contributed by atoms with Crippen LogP contribution in [0.2, 0.25) is 0 Å². The van der Waals surface area contributed by atoms with Crippen molar-refractivity contribution in [2.75, 3.05) is 32.7 Å². The molecule has 0 radical (unpaired) electrons. The Kier molecular flexibility index (Phi) is 2.13. The molecule has 1 saturated heterocycles. The topological polar surface area (TPSA) is 6.48 Å². The van der Waals surface area contributed by atoms with Crippen LogP contribution in [0.15, 0.2) is 0 Å². The van der Waals surface area contributed by atoms with E-state index in [1.807, 2.05) is 0 Å². The first kappa shape index (κ1) is 8.52. The van der Waals surface area contributed by atoms with Crippen LogP contribution in [-0.2, 0) is 0 Å². The molecule has 1 spiro atoms. The Hall–Kier alpha value is -0.0800. The second-order valence-corrected chi connectivity index (χ2v) is 4.17. The van der Waals surface area contributed by atoms with Gasteiger partial charge in [-0.3, -0.25) is 4.90 Å². The number of piperazine rings is 1. The van der Waals surface area contributed by atoms with E-state index in [1.165, 1.54) is 45.6 Å². The molecule has 0 amide bonds. The van der Waals surface area contributed by atoms with Gasteiger partial charge in [0.2, 0.25) is 0 Å². The number of hydrogen-bond donors (Lipinski definition) is 0. The maximum Gasteiger partial charge on any atom is 0.0338 e. The van der Waals surface area contributed by atoms with Crippen LogP contribution in [0, 0.1) is 0 Å². The maximum absolute atomic E-state index is 2.68. The van der Waals surface area contributed by atoms with E-state index in [1.54, 1.807) is 0 Å². The molecule has 70 valence electrons. The van der Waals surface area contributed by atoms with E-state index in [0.29, 0.717) is 5.54 Å². The number of nitrogens with zero attached hydrogens (tertiary/aromatic N) is 2. The number of rotatable bonds is 2. The Balaban J connectivity index is 1.98. The first-order valence-corrected chi connectivity index (χ1v) is 5.28. The van der Waals surface area contributed by atoms with Crippen molar-refractivity contribution in [1.82, 2.24) is 9.80 Å². The Labute approximate surface area is 75.5 Å². The van der Waals surface area contributed by atoms with E-state index in [9.17, 15) is 0 Å². The van der Waals surface area contributed by atoms with Crippen LogP contribution in [-0.4, -0.2) is 48.1 Å². The third kappa shape index (κ3) is 1.27. The Morgan fingerprint density at radius 3 is 2.33 bits per heavy atom. The van der Waals surface area contributed by atoms with Crippen molar-refractivity contribution in [3.8, 4) is 0 Å². The first-order chi connectivity index (χ1) is 5.80. The van der Waals surface area contributed by atoms with Gasteiger partial charge >= 0.3 is 0 Å². The lowest BCUT2D eigenvalue weighted by Crippen LogP contribution is -2.54. The van der Waals surface area contributed by atoms with Gasteiger partial charge in [-0.15, -0.1) is 0 Å². The van der Waals surface area contributed by atoms with Gasteiger partial charge in [-0.1, -0.05) is 13.8 Å². The summed E-state index contributed by atoms with van der Waals surface area (Å²) >= 11 is 0. The molecular formula is C10H20N2. The van der Waals surface area contributed by atoms with Crippen LogP contribution < -0.4 is 0 Å². The normalized spacial score (nSPS) is 29.5. The van der Waals surface area contributed by atoms with Crippen LogP contribution in [0.25, 0.3) is 0 Å². The standard InChI is InChI=1S/C10H20N2/c1-3-11-7-8-12(4-2)10(9-11)5-6-10/h3-9H2,1-2H3. The fourth-order valence-electron chi connectivity index (χ4n) is 2.48. The highest BCUT2D eigenvalue weighted by Crippen LogP contribution is 2.43. The van der Waals surface area contributed by atoms with Crippen molar-refractivity contribution in [3.05, 3.63) is 0 Å². The molecule has 2 heteroatoms. The number of hydrogen-bond acceptors (Lipinski definition) is 2. The molecule has 0 aromatic rings. The zero-order chi connectivity index (χ0) is 8.60. The van der Waals surface area contributed by atoms with E-state index in [2.05, 4.69) is 23.6 Å². The predicted octanol–water partition coefficient (Wildman–Crippen LogP) is 1.18. The van der Waals surface area contributed by atoms with Crippen LogP contribution in [0.4, 0.5) is 0 Å². The second-order valence-electron chi connectivity index (χ2n) is 4.17. The molecule has 0 bridgehead atoms. The van der Waals surface area contributed by atoms with Gasteiger partial charge < -0.3 is 4.90 Å².